The Kier molecular flexibility index (Phi) is 5.13. The lowest BCUT2D eigenvalue weighted by atomic mass is 9.73. The van der Waals surface area contributed by atoms with Crippen LogP contribution in [0.4, 0.5) is 0 Å². The highest BCUT2D eigenvalue weighted by Gasteiger charge is 2.40. The second-order valence-corrected chi connectivity index (χ2v) is 8.72. The summed E-state index contributed by atoms with van der Waals surface area (Å²) >= 11 is 0. The molecule has 2 aliphatic heterocycles. The normalized spacial score (nSPS) is 24.3. The smallest absolute Gasteiger partial charge is 0.0396 e. The summed E-state index contributed by atoms with van der Waals surface area (Å²) in [4.78, 5) is 5.26. The van der Waals surface area contributed by atoms with Crippen LogP contribution in [0.2, 0.25) is 0 Å². The Labute approximate surface area is 165 Å². The number of aryl methyl sites for hydroxylation is 2. The third-order valence-corrected chi connectivity index (χ3v) is 7.12. The molecule has 2 heterocycles. The van der Waals surface area contributed by atoms with Crippen molar-refractivity contribution < 1.29 is 0 Å². The minimum atomic E-state index is 0.498. The quantitative estimate of drug-likeness (QED) is 0.750. The first-order valence-electron chi connectivity index (χ1n) is 10.6. The van der Waals surface area contributed by atoms with Crippen molar-refractivity contribution >= 4 is 0 Å². The first-order valence-corrected chi connectivity index (χ1v) is 10.6. The van der Waals surface area contributed by atoms with Gasteiger partial charge in [-0.2, -0.15) is 0 Å². The van der Waals surface area contributed by atoms with Crippen LogP contribution in [-0.2, 0) is 12.8 Å². The highest BCUT2D eigenvalue weighted by atomic mass is 15.2. The van der Waals surface area contributed by atoms with E-state index in [1.165, 1.54) is 30.4 Å². The summed E-state index contributed by atoms with van der Waals surface area (Å²) in [6.45, 7) is 9.33. The van der Waals surface area contributed by atoms with Gasteiger partial charge < -0.3 is 0 Å². The van der Waals surface area contributed by atoms with Gasteiger partial charge in [0.05, 0.1) is 0 Å². The van der Waals surface area contributed by atoms with Crippen LogP contribution < -0.4 is 0 Å². The van der Waals surface area contributed by atoms with E-state index >= 15 is 0 Å². The molecule has 4 rings (SSSR count). The van der Waals surface area contributed by atoms with E-state index in [9.17, 15) is 0 Å². The molecule has 2 nitrogen and oxygen atoms in total. The number of likely N-dealkylation sites (N-methyl/N-ethyl adjacent to an activating group) is 2. The Morgan fingerprint density at radius 2 is 1.26 bits per heavy atom. The Morgan fingerprint density at radius 3 is 1.67 bits per heavy atom. The van der Waals surface area contributed by atoms with Gasteiger partial charge in [0, 0.05) is 25.2 Å². The maximum atomic E-state index is 2.63. The van der Waals surface area contributed by atoms with Crippen molar-refractivity contribution in [2.24, 2.45) is 5.92 Å². The summed E-state index contributed by atoms with van der Waals surface area (Å²) in [6.07, 6.45) is 3.55. The van der Waals surface area contributed by atoms with Crippen LogP contribution in [0, 0.1) is 19.8 Å². The fraction of sp³-hybridized carbons (Fsp3) is 0.520. The van der Waals surface area contributed by atoms with E-state index in [-0.39, 0.29) is 0 Å². The monoisotopic (exact) mass is 362 g/mol. The zero-order chi connectivity index (χ0) is 19.1. The highest BCUT2D eigenvalue weighted by Crippen LogP contribution is 2.47. The molecule has 2 heteroatoms. The largest absolute Gasteiger partial charge is 0.299 e. The standard InChI is InChI=1S/C25H34N2/c1-6-21(24-22-17(2)9-7-11-19(22)13-15-26(24)4)25-23-18(3)10-8-12-20(23)14-16-27(25)5/h7-12,21,24-25H,6,13-16H2,1-5H3. The van der Waals surface area contributed by atoms with Crippen LogP contribution >= 0.6 is 0 Å². The van der Waals surface area contributed by atoms with Gasteiger partial charge in [-0.15, -0.1) is 0 Å². The highest BCUT2D eigenvalue weighted by molar-refractivity contribution is 5.43. The van der Waals surface area contributed by atoms with E-state index < -0.39 is 0 Å². The van der Waals surface area contributed by atoms with Gasteiger partial charge in [-0.1, -0.05) is 43.3 Å². The third-order valence-electron chi connectivity index (χ3n) is 7.12. The van der Waals surface area contributed by atoms with Gasteiger partial charge in [0.25, 0.3) is 0 Å². The van der Waals surface area contributed by atoms with Crippen LogP contribution in [0.1, 0.15) is 58.8 Å². The molecule has 0 aromatic heterocycles. The average Bonchev–Trinajstić information content (AvgIpc) is 2.66. The summed E-state index contributed by atoms with van der Waals surface area (Å²) < 4.78 is 0. The molecule has 0 amide bonds. The van der Waals surface area contributed by atoms with Crippen molar-refractivity contribution in [3.63, 3.8) is 0 Å². The van der Waals surface area contributed by atoms with Gasteiger partial charge in [0.15, 0.2) is 0 Å². The zero-order valence-electron chi connectivity index (χ0n) is 17.6. The van der Waals surface area contributed by atoms with Gasteiger partial charge in [-0.3, -0.25) is 9.80 Å². The molecule has 2 aromatic rings. The Balaban J connectivity index is 1.84. The molecule has 0 radical (unpaired) electrons. The lowest BCUT2D eigenvalue weighted by Crippen LogP contribution is -2.44. The van der Waals surface area contributed by atoms with Crippen LogP contribution in [0.3, 0.4) is 0 Å². The predicted molar refractivity (Wildman–Crippen MR) is 114 cm³/mol. The van der Waals surface area contributed by atoms with Crippen molar-refractivity contribution in [3.8, 4) is 0 Å². The molecular formula is C25H34N2. The van der Waals surface area contributed by atoms with E-state index in [1.54, 1.807) is 22.3 Å². The molecule has 0 N–H and O–H groups in total. The average molecular weight is 363 g/mol. The first-order chi connectivity index (χ1) is 13.0. The number of nitrogens with zero attached hydrogens (tertiary/aromatic N) is 2. The summed E-state index contributed by atoms with van der Waals surface area (Å²) in [5, 5.41) is 0. The third kappa shape index (κ3) is 3.13. The maximum absolute atomic E-state index is 2.63. The van der Waals surface area contributed by atoms with Gasteiger partial charge >= 0.3 is 0 Å². The molecule has 0 fully saturated rings. The molecule has 0 bridgehead atoms. The number of hydrogen-bond donors (Lipinski definition) is 0. The summed E-state index contributed by atoms with van der Waals surface area (Å²) in [5.74, 6) is 0.598. The molecule has 2 atom stereocenters. The van der Waals surface area contributed by atoms with Crippen molar-refractivity contribution in [2.75, 3.05) is 27.2 Å². The van der Waals surface area contributed by atoms with E-state index in [4.69, 9.17) is 0 Å². The summed E-state index contributed by atoms with van der Waals surface area (Å²) in [6, 6.07) is 14.8. The van der Waals surface area contributed by atoms with Crippen molar-refractivity contribution in [1.29, 1.82) is 0 Å². The number of hydrogen-bond acceptors (Lipinski definition) is 2. The Morgan fingerprint density at radius 1 is 0.815 bits per heavy atom. The molecule has 144 valence electrons. The lowest BCUT2D eigenvalue weighted by Gasteiger charge is -2.48. The van der Waals surface area contributed by atoms with Crippen LogP contribution in [0.25, 0.3) is 0 Å². The molecule has 0 saturated carbocycles. The molecule has 2 unspecified atom stereocenters. The molecule has 0 spiro atoms. The van der Waals surface area contributed by atoms with Gasteiger partial charge in [-0.05, 0) is 86.5 Å². The maximum Gasteiger partial charge on any atom is 0.0396 e. The second-order valence-electron chi connectivity index (χ2n) is 8.72. The van der Waals surface area contributed by atoms with Crippen LogP contribution in [0.15, 0.2) is 36.4 Å². The van der Waals surface area contributed by atoms with Crippen molar-refractivity contribution in [1.82, 2.24) is 9.80 Å². The minimum Gasteiger partial charge on any atom is -0.299 e. The summed E-state index contributed by atoms with van der Waals surface area (Å²) in [5.41, 5.74) is 9.27. The molecular weight excluding hydrogens is 328 g/mol. The molecule has 0 aliphatic carbocycles. The van der Waals surface area contributed by atoms with Gasteiger partial charge in [0.2, 0.25) is 0 Å². The zero-order valence-corrected chi connectivity index (χ0v) is 17.6. The molecule has 0 saturated heterocycles. The van der Waals surface area contributed by atoms with Crippen LogP contribution in [0.5, 0.6) is 0 Å². The topological polar surface area (TPSA) is 6.48 Å². The molecule has 2 aromatic carbocycles. The first kappa shape index (κ1) is 18.7. The van der Waals surface area contributed by atoms with E-state index in [0.717, 1.165) is 13.1 Å². The van der Waals surface area contributed by atoms with Crippen molar-refractivity contribution in [2.45, 2.75) is 52.1 Å². The molecule has 27 heavy (non-hydrogen) atoms. The van der Waals surface area contributed by atoms with Gasteiger partial charge in [-0.25, -0.2) is 0 Å². The number of rotatable bonds is 3. The van der Waals surface area contributed by atoms with E-state index in [0.29, 0.717) is 18.0 Å². The Hall–Kier alpha value is -1.64. The molecule has 2 aliphatic rings. The number of fused-ring (bicyclic) bond motifs is 2. The second kappa shape index (κ2) is 7.41. The summed E-state index contributed by atoms with van der Waals surface area (Å²) in [7, 11) is 4.68. The van der Waals surface area contributed by atoms with Crippen LogP contribution in [-0.4, -0.2) is 37.0 Å². The Bertz CT molecular complexity index is 758. The number of benzene rings is 2. The predicted octanol–water partition coefficient (Wildman–Crippen LogP) is 5.09. The van der Waals surface area contributed by atoms with E-state index in [2.05, 4.69) is 81.1 Å². The fourth-order valence-electron chi connectivity index (χ4n) is 5.78. The van der Waals surface area contributed by atoms with Crippen molar-refractivity contribution in [3.05, 3.63) is 69.8 Å². The fourth-order valence-corrected chi connectivity index (χ4v) is 5.78. The SMILES string of the molecule is CCC(C1c2c(C)cccc2CCN1C)C1c2c(C)cccc2CCN1C. The minimum absolute atomic E-state index is 0.498. The van der Waals surface area contributed by atoms with E-state index in [1.807, 2.05) is 0 Å². The lowest BCUT2D eigenvalue weighted by molar-refractivity contribution is 0.0720. The van der Waals surface area contributed by atoms with Gasteiger partial charge in [0.1, 0.15) is 0 Å².